The average molecular weight is 325 g/mol. The monoisotopic (exact) mass is 324 g/mol. The molecule has 0 unspecified atom stereocenters. The van der Waals surface area contributed by atoms with Gasteiger partial charge in [0.05, 0.1) is 6.26 Å². The Labute approximate surface area is 137 Å². The van der Waals surface area contributed by atoms with Crippen LogP contribution in [0.4, 0.5) is 5.82 Å². The molecule has 0 saturated carbocycles. The summed E-state index contributed by atoms with van der Waals surface area (Å²) in [5.74, 6) is 2.10. The Morgan fingerprint density at radius 3 is 2.78 bits per heavy atom. The minimum atomic E-state index is 0.471. The van der Waals surface area contributed by atoms with Crippen LogP contribution in [0, 0.1) is 0 Å². The lowest BCUT2D eigenvalue weighted by molar-refractivity contribution is 0.577. The van der Waals surface area contributed by atoms with Crippen LogP contribution in [0.15, 0.2) is 59.2 Å². The molecule has 0 spiro atoms. The van der Waals surface area contributed by atoms with Gasteiger partial charge in [-0.2, -0.15) is 4.52 Å². The van der Waals surface area contributed by atoms with E-state index in [1.807, 2.05) is 42.5 Å². The van der Waals surface area contributed by atoms with Crippen molar-refractivity contribution in [2.24, 2.45) is 0 Å². The lowest BCUT2D eigenvalue weighted by Gasteiger charge is -2.06. The van der Waals surface area contributed by atoms with Gasteiger partial charge < -0.3 is 10.2 Å². The first-order valence-electron chi connectivity index (χ1n) is 7.10. The fourth-order valence-electron chi connectivity index (χ4n) is 2.52. The van der Waals surface area contributed by atoms with Crippen LogP contribution in [0.3, 0.4) is 0 Å². The summed E-state index contributed by atoms with van der Waals surface area (Å²) >= 11 is 5.91. The van der Waals surface area contributed by atoms with E-state index in [1.165, 1.54) is 0 Å². The maximum atomic E-state index is 6.14. The first-order valence-corrected chi connectivity index (χ1v) is 7.63. The Bertz CT molecular complexity index is 976. The summed E-state index contributed by atoms with van der Waals surface area (Å²) in [6.45, 7) is 0. The highest BCUT2D eigenvalue weighted by molar-refractivity contribution is 6.17. The quantitative estimate of drug-likeness (QED) is 0.579. The van der Waals surface area contributed by atoms with Crippen LogP contribution in [-0.2, 0) is 5.88 Å². The van der Waals surface area contributed by atoms with Crippen LogP contribution < -0.4 is 5.73 Å². The predicted molar refractivity (Wildman–Crippen MR) is 90.1 cm³/mol. The summed E-state index contributed by atoms with van der Waals surface area (Å²) in [6.07, 6.45) is 1.59. The molecule has 0 aliphatic carbocycles. The molecule has 0 aliphatic heterocycles. The third kappa shape index (κ3) is 2.45. The lowest BCUT2D eigenvalue weighted by Crippen LogP contribution is -1.99. The number of aromatic nitrogens is 3. The molecule has 3 aromatic heterocycles. The van der Waals surface area contributed by atoms with Gasteiger partial charge in [0.2, 0.25) is 5.82 Å². The molecule has 114 valence electrons. The van der Waals surface area contributed by atoms with E-state index in [0.717, 1.165) is 16.7 Å². The Morgan fingerprint density at radius 2 is 2.00 bits per heavy atom. The minimum Gasteiger partial charge on any atom is -0.461 e. The molecule has 0 saturated heterocycles. The van der Waals surface area contributed by atoms with Crippen molar-refractivity contribution in [1.29, 1.82) is 0 Å². The van der Waals surface area contributed by atoms with Crippen LogP contribution in [0.5, 0.6) is 0 Å². The van der Waals surface area contributed by atoms with E-state index in [2.05, 4.69) is 10.1 Å². The molecule has 4 aromatic rings. The molecule has 1 aromatic carbocycles. The molecule has 0 atom stereocenters. The largest absolute Gasteiger partial charge is 0.461 e. The molecule has 2 N–H and O–H groups in total. The Balaban J connectivity index is 1.86. The molecule has 0 fully saturated rings. The molecular formula is C17H13ClN4O. The van der Waals surface area contributed by atoms with E-state index in [0.29, 0.717) is 28.9 Å². The van der Waals surface area contributed by atoms with Crippen molar-refractivity contribution in [2.75, 3.05) is 5.73 Å². The highest BCUT2D eigenvalue weighted by Gasteiger charge is 2.12. The first-order chi connectivity index (χ1) is 11.2. The summed E-state index contributed by atoms with van der Waals surface area (Å²) in [5.41, 5.74) is 9.87. The second-order valence-electron chi connectivity index (χ2n) is 5.19. The van der Waals surface area contributed by atoms with Crippen LogP contribution in [0.25, 0.3) is 28.4 Å². The summed E-state index contributed by atoms with van der Waals surface area (Å²) < 4.78 is 6.94. The van der Waals surface area contributed by atoms with Gasteiger partial charge in [0.15, 0.2) is 11.4 Å². The van der Waals surface area contributed by atoms with E-state index >= 15 is 0 Å². The average Bonchev–Trinajstić information content (AvgIpc) is 3.24. The number of nitrogens with two attached hydrogens (primary N) is 1. The van der Waals surface area contributed by atoms with Crippen LogP contribution in [0.1, 0.15) is 5.56 Å². The van der Waals surface area contributed by atoms with Gasteiger partial charge in [-0.15, -0.1) is 16.7 Å². The third-order valence-electron chi connectivity index (χ3n) is 3.62. The van der Waals surface area contributed by atoms with Crippen molar-refractivity contribution in [1.82, 2.24) is 14.6 Å². The van der Waals surface area contributed by atoms with Crippen LogP contribution in [-0.4, -0.2) is 14.6 Å². The van der Waals surface area contributed by atoms with Crippen molar-refractivity contribution in [3.05, 3.63) is 60.4 Å². The first kappa shape index (κ1) is 13.8. The topological polar surface area (TPSA) is 69.3 Å². The predicted octanol–water partition coefficient (Wildman–Crippen LogP) is 3.98. The zero-order chi connectivity index (χ0) is 15.8. The molecule has 5 nitrogen and oxygen atoms in total. The molecule has 0 bridgehead atoms. The number of hydrogen-bond acceptors (Lipinski definition) is 4. The maximum absolute atomic E-state index is 6.14. The smallest absolute Gasteiger partial charge is 0.217 e. The number of anilines is 1. The van der Waals surface area contributed by atoms with Gasteiger partial charge in [-0.1, -0.05) is 18.2 Å². The molecule has 6 heteroatoms. The highest BCUT2D eigenvalue weighted by Crippen LogP contribution is 2.26. The molecule has 0 radical (unpaired) electrons. The number of alkyl halides is 1. The number of fused-ring (bicyclic) bond motifs is 1. The van der Waals surface area contributed by atoms with Crippen molar-refractivity contribution >= 4 is 23.1 Å². The van der Waals surface area contributed by atoms with E-state index < -0.39 is 0 Å². The van der Waals surface area contributed by atoms with Crippen molar-refractivity contribution < 1.29 is 4.42 Å². The van der Waals surface area contributed by atoms with Crippen LogP contribution >= 0.6 is 11.6 Å². The summed E-state index contributed by atoms with van der Waals surface area (Å²) in [4.78, 5) is 4.50. The molecule has 4 rings (SSSR count). The summed E-state index contributed by atoms with van der Waals surface area (Å²) in [7, 11) is 0. The van der Waals surface area contributed by atoms with Gasteiger partial charge in [-0.05, 0) is 47.0 Å². The second kappa shape index (κ2) is 5.44. The maximum Gasteiger partial charge on any atom is 0.217 e. The van der Waals surface area contributed by atoms with Gasteiger partial charge in [0.1, 0.15) is 5.82 Å². The second-order valence-corrected chi connectivity index (χ2v) is 5.45. The third-order valence-corrected chi connectivity index (χ3v) is 3.93. The molecule has 0 aliphatic rings. The van der Waals surface area contributed by atoms with Gasteiger partial charge in [0, 0.05) is 5.88 Å². The summed E-state index contributed by atoms with van der Waals surface area (Å²) in [5, 5.41) is 4.39. The Hall–Kier alpha value is -2.79. The standard InChI is InChI=1S/C17H13ClN4O/c18-10-11-3-1-4-12(7-11)13-8-15(19)22-16(9-13)20-17(21-22)14-5-2-6-23-14/h1-9H,10,19H2. The number of nitrogen functional groups attached to an aromatic ring is 1. The number of pyridine rings is 1. The van der Waals surface area contributed by atoms with E-state index in [-0.39, 0.29) is 0 Å². The van der Waals surface area contributed by atoms with E-state index in [4.69, 9.17) is 21.8 Å². The summed E-state index contributed by atoms with van der Waals surface area (Å²) in [6, 6.07) is 15.5. The molecule has 0 amide bonds. The van der Waals surface area contributed by atoms with E-state index in [1.54, 1.807) is 16.8 Å². The molecule has 23 heavy (non-hydrogen) atoms. The lowest BCUT2D eigenvalue weighted by atomic mass is 10.0. The number of halogens is 1. The van der Waals surface area contributed by atoms with Gasteiger partial charge in [0.25, 0.3) is 0 Å². The number of nitrogens with zero attached hydrogens (tertiary/aromatic N) is 3. The van der Waals surface area contributed by atoms with Crippen molar-refractivity contribution in [3.8, 4) is 22.7 Å². The molecule has 3 heterocycles. The zero-order valence-corrected chi connectivity index (χ0v) is 12.9. The van der Waals surface area contributed by atoms with Gasteiger partial charge in [-0.3, -0.25) is 0 Å². The minimum absolute atomic E-state index is 0.471. The van der Waals surface area contributed by atoms with Crippen LogP contribution in [0.2, 0.25) is 0 Å². The number of hydrogen-bond donors (Lipinski definition) is 1. The number of benzene rings is 1. The number of furan rings is 1. The Morgan fingerprint density at radius 1 is 1.09 bits per heavy atom. The Kier molecular flexibility index (Phi) is 3.28. The fraction of sp³-hybridized carbons (Fsp3) is 0.0588. The van der Waals surface area contributed by atoms with Gasteiger partial charge >= 0.3 is 0 Å². The highest BCUT2D eigenvalue weighted by atomic mass is 35.5. The zero-order valence-electron chi connectivity index (χ0n) is 12.1. The normalized spacial score (nSPS) is 11.2. The molecular weight excluding hydrogens is 312 g/mol. The van der Waals surface area contributed by atoms with E-state index in [9.17, 15) is 0 Å². The van der Waals surface area contributed by atoms with Crippen molar-refractivity contribution in [3.63, 3.8) is 0 Å². The van der Waals surface area contributed by atoms with Crippen molar-refractivity contribution in [2.45, 2.75) is 5.88 Å². The fourth-order valence-corrected chi connectivity index (χ4v) is 2.69. The SMILES string of the molecule is Nc1cc(-c2cccc(CCl)c2)cc2nc(-c3ccco3)nn12. The van der Waals surface area contributed by atoms with Gasteiger partial charge in [-0.25, -0.2) is 4.98 Å². The number of rotatable bonds is 3.